The van der Waals surface area contributed by atoms with Gasteiger partial charge in [-0.2, -0.15) is 0 Å². The maximum absolute atomic E-state index is 10.7. The van der Waals surface area contributed by atoms with Crippen molar-refractivity contribution in [1.82, 2.24) is 0 Å². The molecule has 2 aliphatic rings. The third-order valence-corrected chi connectivity index (χ3v) is 9.34. The molecule has 2 rings (SSSR count). The zero-order valence-electron chi connectivity index (χ0n) is 22.2. The standard InChI is InChI=1S/C30H58O2/c1-5-10-26(11-6-2)27-20-16-25(17-21-27)22-24(4)29(31)12-8-7-9-13-30(32)28-18-14-23(3)15-19-28/h23-32H,5-22H2,1-4H3/t23?,24?,25?,27?,28?,29-,30+/m1/s1. The normalized spacial score (nSPS) is 29.7. The number of hydrogen-bond acceptors (Lipinski definition) is 2. The van der Waals surface area contributed by atoms with Crippen LogP contribution in [0.3, 0.4) is 0 Å². The van der Waals surface area contributed by atoms with E-state index in [0.29, 0.717) is 11.8 Å². The third kappa shape index (κ3) is 10.0. The van der Waals surface area contributed by atoms with Crippen LogP contribution >= 0.6 is 0 Å². The second-order valence-corrected chi connectivity index (χ2v) is 12.1. The Labute approximate surface area is 201 Å². The molecule has 2 nitrogen and oxygen atoms in total. The lowest BCUT2D eigenvalue weighted by Crippen LogP contribution is -2.26. The van der Waals surface area contributed by atoms with Gasteiger partial charge in [0.15, 0.2) is 0 Å². The molecule has 2 saturated carbocycles. The Balaban J connectivity index is 1.55. The van der Waals surface area contributed by atoms with Crippen LogP contribution in [-0.2, 0) is 0 Å². The Morgan fingerprint density at radius 1 is 0.688 bits per heavy atom. The van der Waals surface area contributed by atoms with Crippen LogP contribution in [0.2, 0.25) is 0 Å². The zero-order chi connectivity index (χ0) is 23.3. The molecule has 0 spiro atoms. The monoisotopic (exact) mass is 450 g/mol. The van der Waals surface area contributed by atoms with E-state index in [2.05, 4.69) is 27.7 Å². The number of aliphatic hydroxyl groups is 2. The molecule has 2 N–H and O–H groups in total. The van der Waals surface area contributed by atoms with Crippen molar-refractivity contribution in [1.29, 1.82) is 0 Å². The van der Waals surface area contributed by atoms with Crippen molar-refractivity contribution >= 4 is 0 Å². The topological polar surface area (TPSA) is 40.5 Å². The summed E-state index contributed by atoms with van der Waals surface area (Å²) in [7, 11) is 0. The highest BCUT2D eigenvalue weighted by Crippen LogP contribution is 2.40. The molecular weight excluding hydrogens is 392 g/mol. The smallest absolute Gasteiger partial charge is 0.0568 e. The van der Waals surface area contributed by atoms with E-state index in [-0.39, 0.29) is 12.2 Å². The van der Waals surface area contributed by atoms with Gasteiger partial charge in [0.05, 0.1) is 12.2 Å². The SMILES string of the molecule is CCCC(CCC)C1CCC(CC(C)[C@H](O)CCCCC[C@H](O)C2CCC(C)CC2)CC1. The van der Waals surface area contributed by atoms with Crippen molar-refractivity contribution in [2.24, 2.45) is 35.5 Å². The van der Waals surface area contributed by atoms with Crippen LogP contribution in [-0.4, -0.2) is 22.4 Å². The van der Waals surface area contributed by atoms with Crippen LogP contribution in [0.1, 0.15) is 143 Å². The fraction of sp³-hybridized carbons (Fsp3) is 1.00. The second kappa shape index (κ2) is 15.8. The molecule has 0 aromatic rings. The van der Waals surface area contributed by atoms with E-state index in [4.69, 9.17) is 0 Å². The number of aliphatic hydroxyl groups excluding tert-OH is 2. The summed E-state index contributed by atoms with van der Waals surface area (Å²) >= 11 is 0. The maximum atomic E-state index is 10.7. The van der Waals surface area contributed by atoms with Crippen LogP contribution in [0, 0.1) is 35.5 Å². The van der Waals surface area contributed by atoms with Gasteiger partial charge < -0.3 is 10.2 Å². The first-order valence-corrected chi connectivity index (χ1v) is 14.8. The fourth-order valence-electron chi connectivity index (χ4n) is 7.01. The number of rotatable bonds is 15. The predicted octanol–water partition coefficient (Wildman–Crippen LogP) is 8.53. The lowest BCUT2D eigenvalue weighted by atomic mass is 9.71. The average molecular weight is 451 g/mol. The highest BCUT2D eigenvalue weighted by atomic mass is 16.3. The first-order valence-electron chi connectivity index (χ1n) is 14.8. The minimum Gasteiger partial charge on any atom is -0.393 e. The van der Waals surface area contributed by atoms with E-state index >= 15 is 0 Å². The van der Waals surface area contributed by atoms with Gasteiger partial charge in [-0.15, -0.1) is 0 Å². The van der Waals surface area contributed by atoms with Gasteiger partial charge in [0, 0.05) is 0 Å². The van der Waals surface area contributed by atoms with Gasteiger partial charge in [0.2, 0.25) is 0 Å². The van der Waals surface area contributed by atoms with E-state index in [0.717, 1.165) is 55.8 Å². The lowest BCUT2D eigenvalue weighted by molar-refractivity contribution is 0.0644. The Kier molecular flexibility index (Phi) is 13.9. The summed E-state index contributed by atoms with van der Waals surface area (Å²) < 4.78 is 0. The molecule has 2 aliphatic carbocycles. The van der Waals surface area contributed by atoms with Gasteiger partial charge in [-0.3, -0.25) is 0 Å². The largest absolute Gasteiger partial charge is 0.393 e. The van der Waals surface area contributed by atoms with Crippen molar-refractivity contribution in [2.75, 3.05) is 0 Å². The van der Waals surface area contributed by atoms with E-state index < -0.39 is 0 Å². The average Bonchev–Trinajstić information content (AvgIpc) is 2.79. The number of unbranched alkanes of at least 4 members (excludes halogenated alkanes) is 2. The molecule has 0 heterocycles. The summed E-state index contributed by atoms with van der Waals surface area (Å²) in [6.07, 6.45) is 22.5. The molecule has 0 amide bonds. The Morgan fingerprint density at radius 3 is 1.84 bits per heavy atom. The van der Waals surface area contributed by atoms with Gasteiger partial charge >= 0.3 is 0 Å². The van der Waals surface area contributed by atoms with E-state index in [1.807, 2.05) is 0 Å². The lowest BCUT2D eigenvalue weighted by Gasteiger charge is -2.35. The summed E-state index contributed by atoms with van der Waals surface area (Å²) in [5, 5.41) is 21.2. The summed E-state index contributed by atoms with van der Waals surface area (Å²) in [5.41, 5.74) is 0. The molecule has 0 radical (unpaired) electrons. The summed E-state index contributed by atoms with van der Waals surface area (Å²) in [4.78, 5) is 0. The summed E-state index contributed by atoms with van der Waals surface area (Å²) in [6.45, 7) is 9.31. The molecule has 2 heteroatoms. The predicted molar refractivity (Wildman–Crippen MR) is 139 cm³/mol. The third-order valence-electron chi connectivity index (χ3n) is 9.34. The molecule has 3 atom stereocenters. The van der Waals surface area contributed by atoms with Crippen LogP contribution in [0.25, 0.3) is 0 Å². The highest BCUT2D eigenvalue weighted by molar-refractivity contribution is 4.80. The quantitative estimate of drug-likeness (QED) is 0.245. The van der Waals surface area contributed by atoms with Crippen LogP contribution in [0.4, 0.5) is 0 Å². The van der Waals surface area contributed by atoms with E-state index in [1.54, 1.807) is 0 Å². The van der Waals surface area contributed by atoms with Gasteiger partial charge in [-0.1, -0.05) is 98.3 Å². The molecule has 190 valence electrons. The van der Waals surface area contributed by atoms with Gasteiger partial charge in [0.25, 0.3) is 0 Å². The van der Waals surface area contributed by atoms with Gasteiger partial charge in [-0.05, 0) is 80.5 Å². The van der Waals surface area contributed by atoms with Crippen molar-refractivity contribution in [3.8, 4) is 0 Å². The minimum absolute atomic E-state index is 0.0873. The molecule has 2 fully saturated rings. The van der Waals surface area contributed by atoms with E-state index in [9.17, 15) is 10.2 Å². The van der Waals surface area contributed by atoms with Crippen LogP contribution in [0.5, 0.6) is 0 Å². The first-order chi connectivity index (χ1) is 15.4. The molecule has 0 aromatic heterocycles. The second-order valence-electron chi connectivity index (χ2n) is 12.1. The summed E-state index contributed by atoms with van der Waals surface area (Å²) in [6, 6.07) is 0. The van der Waals surface area contributed by atoms with Crippen molar-refractivity contribution < 1.29 is 10.2 Å². The van der Waals surface area contributed by atoms with Gasteiger partial charge in [-0.25, -0.2) is 0 Å². The maximum Gasteiger partial charge on any atom is 0.0568 e. The van der Waals surface area contributed by atoms with Gasteiger partial charge in [0.1, 0.15) is 0 Å². The van der Waals surface area contributed by atoms with Crippen molar-refractivity contribution in [3.05, 3.63) is 0 Å². The molecular formula is C30H58O2. The van der Waals surface area contributed by atoms with Crippen molar-refractivity contribution in [3.63, 3.8) is 0 Å². The molecule has 1 unspecified atom stereocenters. The number of hydrogen-bond donors (Lipinski definition) is 2. The fourth-order valence-corrected chi connectivity index (χ4v) is 7.01. The molecule has 0 saturated heterocycles. The highest BCUT2D eigenvalue weighted by Gasteiger charge is 2.29. The minimum atomic E-state index is -0.134. The van der Waals surface area contributed by atoms with E-state index in [1.165, 1.54) is 83.5 Å². The molecule has 32 heavy (non-hydrogen) atoms. The molecule has 0 aliphatic heterocycles. The molecule has 0 bridgehead atoms. The van der Waals surface area contributed by atoms with Crippen LogP contribution < -0.4 is 0 Å². The first kappa shape index (κ1) is 28.2. The van der Waals surface area contributed by atoms with Crippen LogP contribution in [0.15, 0.2) is 0 Å². The summed E-state index contributed by atoms with van der Waals surface area (Å²) in [5.74, 6) is 4.62. The van der Waals surface area contributed by atoms with Crippen molar-refractivity contribution in [2.45, 2.75) is 155 Å². The Morgan fingerprint density at radius 2 is 1.25 bits per heavy atom. The zero-order valence-corrected chi connectivity index (χ0v) is 22.2. The Hall–Kier alpha value is -0.0800. The molecule has 0 aromatic carbocycles. The Bertz CT molecular complexity index is 442.